The van der Waals surface area contributed by atoms with Gasteiger partial charge in [-0.1, -0.05) is 36.4 Å². The Morgan fingerprint density at radius 2 is 1.92 bits per heavy atom. The van der Waals surface area contributed by atoms with Crippen molar-refractivity contribution in [3.8, 4) is 0 Å². The fourth-order valence-electron chi connectivity index (χ4n) is 2.82. The maximum atomic E-state index is 12.4. The maximum Gasteiger partial charge on any atom is 0.224 e. The number of benzene rings is 1. The molecule has 3 rings (SSSR count). The van der Waals surface area contributed by atoms with E-state index in [0.717, 1.165) is 18.2 Å². The number of hydrogen-bond donors (Lipinski definition) is 1. The van der Waals surface area contributed by atoms with Gasteiger partial charge >= 0.3 is 0 Å². The number of hydrogen-bond acceptors (Lipinski definition) is 4. The van der Waals surface area contributed by atoms with Crippen molar-refractivity contribution in [2.75, 3.05) is 6.26 Å². The Morgan fingerprint density at radius 3 is 2.50 bits per heavy atom. The van der Waals surface area contributed by atoms with Crippen molar-refractivity contribution in [3.63, 3.8) is 0 Å². The van der Waals surface area contributed by atoms with Crippen LogP contribution < -0.4 is 5.32 Å². The standard InChI is InChI=1S/C18H20N2O3S/c1-12(14-8-9-17(19-11-14)24(2,22)23)20-18(21)16-10-15(16)13-6-4-3-5-7-13/h3-9,11-12,15-16H,10H2,1-2H3,(H,20,21)/t12-,15+,16-/m0/s1. The molecule has 24 heavy (non-hydrogen) atoms. The van der Waals surface area contributed by atoms with Gasteiger partial charge in [0.2, 0.25) is 5.91 Å². The molecular formula is C18H20N2O3S. The summed E-state index contributed by atoms with van der Waals surface area (Å²) in [5.74, 6) is 0.339. The van der Waals surface area contributed by atoms with Crippen LogP contribution in [-0.2, 0) is 14.6 Å². The number of amides is 1. The van der Waals surface area contributed by atoms with Gasteiger partial charge in [-0.05, 0) is 36.5 Å². The largest absolute Gasteiger partial charge is 0.349 e. The number of nitrogens with one attached hydrogen (secondary N) is 1. The van der Waals surface area contributed by atoms with Crippen molar-refractivity contribution in [2.45, 2.75) is 30.3 Å². The lowest BCUT2D eigenvalue weighted by molar-refractivity contribution is -0.123. The molecule has 0 aliphatic heterocycles. The first-order valence-corrected chi connectivity index (χ1v) is 9.76. The zero-order chi connectivity index (χ0) is 17.3. The van der Waals surface area contributed by atoms with Gasteiger partial charge in [0.15, 0.2) is 14.9 Å². The van der Waals surface area contributed by atoms with Crippen LogP contribution in [0.3, 0.4) is 0 Å². The fraction of sp³-hybridized carbons (Fsp3) is 0.333. The highest BCUT2D eigenvalue weighted by Gasteiger charge is 2.44. The minimum Gasteiger partial charge on any atom is -0.349 e. The Labute approximate surface area is 142 Å². The van der Waals surface area contributed by atoms with Gasteiger partial charge in [-0.25, -0.2) is 13.4 Å². The highest BCUT2D eigenvalue weighted by Crippen LogP contribution is 2.47. The Balaban J connectivity index is 1.61. The first-order valence-electron chi connectivity index (χ1n) is 7.87. The summed E-state index contributed by atoms with van der Waals surface area (Å²) >= 11 is 0. The summed E-state index contributed by atoms with van der Waals surface area (Å²) in [4.78, 5) is 16.3. The Kier molecular flexibility index (Phi) is 4.41. The highest BCUT2D eigenvalue weighted by molar-refractivity contribution is 7.90. The molecule has 0 unspecified atom stereocenters. The van der Waals surface area contributed by atoms with Crippen molar-refractivity contribution in [3.05, 3.63) is 59.8 Å². The summed E-state index contributed by atoms with van der Waals surface area (Å²) in [6.45, 7) is 1.87. The monoisotopic (exact) mass is 344 g/mol. The molecule has 1 aliphatic rings. The molecule has 1 amide bonds. The number of carbonyl (C=O) groups excluding carboxylic acids is 1. The molecule has 6 heteroatoms. The molecule has 0 bridgehead atoms. The van der Waals surface area contributed by atoms with Crippen molar-refractivity contribution in [2.24, 2.45) is 5.92 Å². The van der Waals surface area contributed by atoms with Gasteiger partial charge in [0.05, 0.1) is 6.04 Å². The topological polar surface area (TPSA) is 76.1 Å². The second-order valence-corrected chi connectivity index (χ2v) is 8.25. The molecule has 0 spiro atoms. The van der Waals surface area contributed by atoms with Gasteiger partial charge < -0.3 is 5.32 Å². The molecule has 1 aliphatic carbocycles. The predicted molar refractivity (Wildman–Crippen MR) is 91.2 cm³/mol. The predicted octanol–water partition coefficient (Wildman–Crippen LogP) is 2.47. The zero-order valence-corrected chi connectivity index (χ0v) is 14.5. The minimum absolute atomic E-state index is 0.0121. The number of carbonyl (C=O) groups is 1. The maximum absolute atomic E-state index is 12.4. The summed E-state index contributed by atoms with van der Waals surface area (Å²) in [6, 6.07) is 13.0. The van der Waals surface area contributed by atoms with E-state index < -0.39 is 9.84 Å². The second kappa shape index (κ2) is 6.36. The summed E-state index contributed by atoms with van der Waals surface area (Å²) in [6.07, 6.45) is 3.49. The molecule has 1 heterocycles. The van der Waals surface area contributed by atoms with Crippen LogP contribution in [0.5, 0.6) is 0 Å². The average Bonchev–Trinajstić information content (AvgIpc) is 3.36. The van der Waals surface area contributed by atoms with Crippen molar-refractivity contribution in [1.82, 2.24) is 10.3 Å². The lowest BCUT2D eigenvalue weighted by atomic mass is 10.1. The van der Waals surface area contributed by atoms with Crippen LogP contribution in [0.25, 0.3) is 0 Å². The zero-order valence-electron chi connectivity index (χ0n) is 13.6. The fourth-order valence-corrected chi connectivity index (χ4v) is 3.38. The molecule has 3 atom stereocenters. The van der Waals surface area contributed by atoms with E-state index in [4.69, 9.17) is 0 Å². The molecule has 0 radical (unpaired) electrons. The molecule has 2 aromatic rings. The SMILES string of the molecule is C[C@H](NC(=O)[C@H]1C[C@@H]1c1ccccc1)c1ccc(S(C)(=O)=O)nc1. The highest BCUT2D eigenvalue weighted by atomic mass is 32.2. The molecule has 0 saturated heterocycles. The third-order valence-electron chi connectivity index (χ3n) is 4.35. The van der Waals surface area contributed by atoms with Gasteiger partial charge in [-0.3, -0.25) is 4.79 Å². The molecule has 1 aromatic heterocycles. The normalized spacial score (nSPS) is 21.1. The van der Waals surface area contributed by atoms with Crippen LogP contribution >= 0.6 is 0 Å². The number of nitrogens with zero attached hydrogens (tertiary/aromatic N) is 1. The molecule has 1 N–H and O–H groups in total. The van der Waals surface area contributed by atoms with E-state index >= 15 is 0 Å². The Morgan fingerprint density at radius 1 is 1.21 bits per heavy atom. The quantitative estimate of drug-likeness (QED) is 0.904. The van der Waals surface area contributed by atoms with Gasteiger partial charge in [0.25, 0.3) is 0 Å². The van der Waals surface area contributed by atoms with Crippen LogP contribution in [0.15, 0.2) is 53.7 Å². The molecule has 1 saturated carbocycles. The Hall–Kier alpha value is -2.21. The van der Waals surface area contributed by atoms with Gasteiger partial charge in [0.1, 0.15) is 0 Å². The van der Waals surface area contributed by atoms with Crippen LogP contribution in [0.4, 0.5) is 0 Å². The third-order valence-corrected chi connectivity index (χ3v) is 5.35. The molecule has 126 valence electrons. The third kappa shape index (κ3) is 3.64. The lowest BCUT2D eigenvalue weighted by Crippen LogP contribution is -2.28. The smallest absolute Gasteiger partial charge is 0.224 e. The van der Waals surface area contributed by atoms with Crippen LogP contribution in [0, 0.1) is 5.92 Å². The van der Waals surface area contributed by atoms with E-state index in [-0.39, 0.29) is 22.9 Å². The first kappa shape index (κ1) is 16.6. The van der Waals surface area contributed by atoms with E-state index in [0.29, 0.717) is 5.92 Å². The van der Waals surface area contributed by atoms with E-state index in [2.05, 4.69) is 22.4 Å². The number of aromatic nitrogens is 1. The van der Waals surface area contributed by atoms with E-state index in [9.17, 15) is 13.2 Å². The van der Waals surface area contributed by atoms with Crippen molar-refractivity contribution < 1.29 is 13.2 Å². The lowest BCUT2D eigenvalue weighted by Gasteiger charge is -2.14. The average molecular weight is 344 g/mol. The minimum atomic E-state index is -3.31. The number of sulfone groups is 1. The van der Waals surface area contributed by atoms with Crippen LogP contribution in [-0.4, -0.2) is 25.6 Å². The molecule has 1 aromatic carbocycles. The number of rotatable bonds is 5. The van der Waals surface area contributed by atoms with Crippen molar-refractivity contribution >= 4 is 15.7 Å². The van der Waals surface area contributed by atoms with Crippen LogP contribution in [0.2, 0.25) is 0 Å². The Bertz CT molecular complexity index is 832. The first-order chi connectivity index (χ1) is 11.4. The second-order valence-electron chi connectivity index (χ2n) is 6.29. The van der Waals surface area contributed by atoms with E-state index in [1.54, 1.807) is 6.07 Å². The van der Waals surface area contributed by atoms with E-state index in [1.165, 1.54) is 17.8 Å². The molecule has 1 fully saturated rings. The van der Waals surface area contributed by atoms with Gasteiger partial charge in [-0.2, -0.15) is 0 Å². The summed E-state index contributed by atoms with van der Waals surface area (Å²) in [7, 11) is -3.31. The summed E-state index contributed by atoms with van der Waals surface area (Å²) in [5, 5.41) is 3.03. The van der Waals surface area contributed by atoms with Crippen LogP contribution in [0.1, 0.15) is 36.4 Å². The summed E-state index contributed by atoms with van der Waals surface area (Å²) < 4.78 is 22.9. The van der Waals surface area contributed by atoms with Gasteiger partial charge in [0, 0.05) is 18.4 Å². The summed E-state index contributed by atoms with van der Waals surface area (Å²) in [5.41, 5.74) is 1.98. The van der Waals surface area contributed by atoms with Crippen molar-refractivity contribution in [1.29, 1.82) is 0 Å². The number of pyridine rings is 1. The van der Waals surface area contributed by atoms with E-state index in [1.807, 2.05) is 25.1 Å². The van der Waals surface area contributed by atoms with Gasteiger partial charge in [-0.15, -0.1) is 0 Å². The molecule has 5 nitrogen and oxygen atoms in total. The molecular weight excluding hydrogens is 324 g/mol.